The Labute approximate surface area is 96.2 Å². The molecule has 0 saturated carbocycles. The van der Waals surface area contributed by atoms with Crippen molar-refractivity contribution in [2.45, 2.75) is 26.2 Å². The maximum Gasteiger partial charge on any atom is 0.227 e. The van der Waals surface area contributed by atoms with Crippen LogP contribution in [0.5, 0.6) is 0 Å². The molecule has 2 heterocycles. The van der Waals surface area contributed by atoms with Crippen LogP contribution in [0.3, 0.4) is 0 Å². The maximum absolute atomic E-state index is 5.03. The number of aromatic nitrogens is 2. The van der Waals surface area contributed by atoms with Crippen LogP contribution in [0.25, 0.3) is 0 Å². The summed E-state index contributed by atoms with van der Waals surface area (Å²) >= 11 is 0. The van der Waals surface area contributed by atoms with Crippen molar-refractivity contribution in [1.29, 1.82) is 0 Å². The molecule has 1 aromatic heterocycles. The van der Waals surface area contributed by atoms with Crippen molar-refractivity contribution in [2.24, 2.45) is 0 Å². The van der Waals surface area contributed by atoms with E-state index in [9.17, 15) is 0 Å². The monoisotopic (exact) mass is 224 g/mol. The Bertz CT molecular complexity index is 307. The summed E-state index contributed by atoms with van der Waals surface area (Å²) in [5.41, 5.74) is 0. The first-order valence-electron chi connectivity index (χ1n) is 6.07. The van der Waals surface area contributed by atoms with E-state index in [1.807, 2.05) is 6.92 Å². The summed E-state index contributed by atoms with van der Waals surface area (Å²) in [7, 11) is 0. The molecule has 5 nitrogen and oxygen atoms in total. The molecule has 0 aliphatic carbocycles. The van der Waals surface area contributed by atoms with Crippen LogP contribution in [0.1, 0.15) is 24.6 Å². The van der Waals surface area contributed by atoms with Crippen LogP contribution in [0, 0.1) is 6.92 Å². The number of rotatable bonds is 6. The topological polar surface area (TPSA) is 54.2 Å². The van der Waals surface area contributed by atoms with Crippen LogP contribution >= 0.6 is 0 Å². The molecule has 0 amide bonds. The van der Waals surface area contributed by atoms with Crippen LogP contribution in [-0.4, -0.2) is 47.8 Å². The average Bonchev–Trinajstić information content (AvgIpc) is 2.89. The molecule has 1 aliphatic rings. The molecule has 1 N–H and O–H groups in total. The first kappa shape index (κ1) is 11.5. The van der Waals surface area contributed by atoms with Gasteiger partial charge in [-0.2, -0.15) is 4.98 Å². The van der Waals surface area contributed by atoms with Crippen LogP contribution in [-0.2, 0) is 6.42 Å². The molecule has 0 spiro atoms. The predicted molar refractivity (Wildman–Crippen MR) is 61.3 cm³/mol. The van der Waals surface area contributed by atoms with Crippen molar-refractivity contribution >= 4 is 0 Å². The zero-order chi connectivity index (χ0) is 11.2. The predicted octanol–water partition coefficient (Wildman–Crippen LogP) is 0.606. The fourth-order valence-electron chi connectivity index (χ4n) is 2.01. The normalized spacial score (nSPS) is 17.1. The van der Waals surface area contributed by atoms with E-state index >= 15 is 0 Å². The van der Waals surface area contributed by atoms with Gasteiger partial charge in [-0.05, 0) is 32.9 Å². The Kier molecular flexibility index (Phi) is 4.30. The molecule has 1 fully saturated rings. The van der Waals surface area contributed by atoms with Gasteiger partial charge in [0.15, 0.2) is 5.82 Å². The number of hydrogen-bond donors (Lipinski definition) is 1. The number of likely N-dealkylation sites (tertiary alicyclic amines) is 1. The minimum absolute atomic E-state index is 0.715. The van der Waals surface area contributed by atoms with E-state index in [1.165, 1.54) is 25.9 Å². The molecule has 90 valence electrons. The van der Waals surface area contributed by atoms with Crippen molar-refractivity contribution in [3.8, 4) is 0 Å². The molecule has 1 saturated heterocycles. The minimum atomic E-state index is 0.715. The van der Waals surface area contributed by atoms with Gasteiger partial charge in [0.1, 0.15) is 0 Å². The summed E-state index contributed by atoms with van der Waals surface area (Å²) in [5.74, 6) is 1.44. The van der Waals surface area contributed by atoms with E-state index in [-0.39, 0.29) is 0 Å². The van der Waals surface area contributed by atoms with E-state index in [2.05, 4.69) is 20.4 Å². The van der Waals surface area contributed by atoms with Gasteiger partial charge in [-0.1, -0.05) is 5.16 Å². The zero-order valence-corrected chi connectivity index (χ0v) is 9.91. The Morgan fingerprint density at radius 1 is 1.31 bits per heavy atom. The van der Waals surface area contributed by atoms with Gasteiger partial charge in [-0.25, -0.2) is 0 Å². The summed E-state index contributed by atoms with van der Waals surface area (Å²) in [5, 5.41) is 7.16. The van der Waals surface area contributed by atoms with Crippen molar-refractivity contribution in [3.05, 3.63) is 11.7 Å². The molecule has 2 rings (SSSR count). The van der Waals surface area contributed by atoms with Crippen molar-refractivity contribution in [1.82, 2.24) is 20.4 Å². The summed E-state index contributed by atoms with van der Waals surface area (Å²) < 4.78 is 5.03. The number of hydrogen-bond acceptors (Lipinski definition) is 5. The maximum atomic E-state index is 5.03. The van der Waals surface area contributed by atoms with E-state index < -0.39 is 0 Å². The molecular weight excluding hydrogens is 204 g/mol. The fraction of sp³-hybridized carbons (Fsp3) is 0.818. The Morgan fingerprint density at radius 2 is 2.12 bits per heavy atom. The Hall–Kier alpha value is -0.940. The number of nitrogens with one attached hydrogen (secondary N) is 1. The second-order valence-electron chi connectivity index (χ2n) is 4.28. The fourth-order valence-corrected chi connectivity index (χ4v) is 2.01. The lowest BCUT2D eigenvalue weighted by Gasteiger charge is -2.14. The molecule has 0 unspecified atom stereocenters. The molecule has 1 aromatic rings. The zero-order valence-electron chi connectivity index (χ0n) is 9.91. The highest BCUT2D eigenvalue weighted by molar-refractivity contribution is 4.83. The van der Waals surface area contributed by atoms with Crippen LogP contribution < -0.4 is 5.32 Å². The summed E-state index contributed by atoms with van der Waals surface area (Å²) in [6.45, 7) is 7.49. The van der Waals surface area contributed by atoms with Gasteiger partial charge in [0.25, 0.3) is 0 Å². The number of nitrogens with zero attached hydrogens (tertiary/aromatic N) is 3. The van der Waals surface area contributed by atoms with Gasteiger partial charge in [0.05, 0.1) is 0 Å². The minimum Gasteiger partial charge on any atom is -0.339 e. The van der Waals surface area contributed by atoms with E-state index in [1.54, 1.807) is 0 Å². The lowest BCUT2D eigenvalue weighted by atomic mass is 10.4. The van der Waals surface area contributed by atoms with Gasteiger partial charge in [-0.3, -0.25) is 0 Å². The molecule has 0 aromatic carbocycles. The highest BCUT2D eigenvalue weighted by Crippen LogP contribution is 2.05. The molecule has 1 aliphatic heterocycles. The third kappa shape index (κ3) is 3.57. The molecule has 5 heteroatoms. The van der Waals surface area contributed by atoms with Gasteiger partial charge in [0.2, 0.25) is 5.89 Å². The Morgan fingerprint density at radius 3 is 2.81 bits per heavy atom. The molecule has 0 atom stereocenters. The van der Waals surface area contributed by atoms with Crippen molar-refractivity contribution in [2.75, 3.05) is 32.7 Å². The molecular formula is C11H20N4O. The van der Waals surface area contributed by atoms with Crippen LogP contribution in [0.15, 0.2) is 4.52 Å². The average molecular weight is 224 g/mol. The SMILES string of the molecule is Cc1noc(CCNCCN2CCCC2)n1. The van der Waals surface area contributed by atoms with Gasteiger partial charge in [-0.15, -0.1) is 0 Å². The lowest BCUT2D eigenvalue weighted by molar-refractivity contribution is 0.333. The number of aryl methyl sites for hydroxylation is 1. The molecule has 0 bridgehead atoms. The van der Waals surface area contributed by atoms with E-state index in [4.69, 9.17) is 4.52 Å². The highest BCUT2D eigenvalue weighted by Gasteiger charge is 2.10. The van der Waals surface area contributed by atoms with Gasteiger partial charge < -0.3 is 14.7 Å². The first-order chi connectivity index (χ1) is 7.84. The third-order valence-electron chi connectivity index (χ3n) is 2.89. The Balaban J connectivity index is 1.51. The standard InChI is InChI=1S/C11H20N4O/c1-10-13-11(16-14-10)4-5-12-6-9-15-7-2-3-8-15/h12H,2-9H2,1H3. The quantitative estimate of drug-likeness (QED) is 0.717. The molecule has 0 radical (unpaired) electrons. The van der Waals surface area contributed by atoms with Crippen LogP contribution in [0.2, 0.25) is 0 Å². The van der Waals surface area contributed by atoms with Crippen molar-refractivity contribution in [3.63, 3.8) is 0 Å². The first-order valence-corrected chi connectivity index (χ1v) is 6.07. The highest BCUT2D eigenvalue weighted by atomic mass is 16.5. The third-order valence-corrected chi connectivity index (χ3v) is 2.89. The second-order valence-corrected chi connectivity index (χ2v) is 4.28. The van der Waals surface area contributed by atoms with Crippen molar-refractivity contribution < 1.29 is 4.52 Å². The summed E-state index contributed by atoms with van der Waals surface area (Å²) in [4.78, 5) is 6.66. The summed E-state index contributed by atoms with van der Waals surface area (Å²) in [6.07, 6.45) is 3.55. The smallest absolute Gasteiger partial charge is 0.227 e. The lowest BCUT2D eigenvalue weighted by Crippen LogP contribution is -2.30. The van der Waals surface area contributed by atoms with E-state index in [0.29, 0.717) is 5.82 Å². The van der Waals surface area contributed by atoms with Gasteiger partial charge >= 0.3 is 0 Å². The molecule has 16 heavy (non-hydrogen) atoms. The van der Waals surface area contributed by atoms with Crippen LogP contribution in [0.4, 0.5) is 0 Å². The largest absolute Gasteiger partial charge is 0.339 e. The van der Waals surface area contributed by atoms with E-state index in [0.717, 1.165) is 31.9 Å². The second kappa shape index (κ2) is 5.96. The van der Waals surface area contributed by atoms with Gasteiger partial charge in [0, 0.05) is 26.1 Å². The summed E-state index contributed by atoms with van der Waals surface area (Å²) in [6, 6.07) is 0.